The van der Waals surface area contributed by atoms with Crippen LogP contribution in [0, 0.1) is 5.92 Å². The Labute approximate surface area is 116 Å². The minimum atomic E-state index is 0.198. The van der Waals surface area contributed by atoms with E-state index in [1.807, 2.05) is 0 Å². The van der Waals surface area contributed by atoms with E-state index >= 15 is 0 Å². The monoisotopic (exact) mass is 268 g/mol. The van der Waals surface area contributed by atoms with Crippen LogP contribution in [0.4, 0.5) is 0 Å². The zero-order valence-electron chi connectivity index (χ0n) is 12.3. The van der Waals surface area contributed by atoms with E-state index in [1.54, 1.807) is 7.05 Å². The molecule has 1 fully saturated rings. The second-order valence-corrected chi connectivity index (χ2v) is 5.05. The van der Waals surface area contributed by atoms with Gasteiger partial charge in [-0.1, -0.05) is 26.2 Å². The lowest BCUT2D eigenvalue weighted by Crippen LogP contribution is -2.42. The summed E-state index contributed by atoms with van der Waals surface area (Å²) in [5, 5.41) is 9.40. The number of carbonyl (C=O) groups is 1. The maximum atomic E-state index is 11.4. The van der Waals surface area contributed by atoms with Gasteiger partial charge in [0.15, 0.2) is 5.96 Å². The highest BCUT2D eigenvalue weighted by atomic mass is 16.2. The van der Waals surface area contributed by atoms with Crippen molar-refractivity contribution in [1.82, 2.24) is 16.0 Å². The van der Waals surface area contributed by atoms with Crippen molar-refractivity contribution in [3.05, 3.63) is 0 Å². The zero-order chi connectivity index (χ0) is 13.9. The summed E-state index contributed by atoms with van der Waals surface area (Å²) >= 11 is 0. The lowest BCUT2D eigenvalue weighted by Gasteiger charge is -2.12. The molecule has 0 aromatic heterocycles. The summed E-state index contributed by atoms with van der Waals surface area (Å²) in [5.74, 6) is 1.30. The molecule has 1 aliphatic rings. The fraction of sp³-hybridized carbons (Fsp3) is 0.857. The van der Waals surface area contributed by atoms with Gasteiger partial charge in [-0.05, 0) is 19.3 Å². The normalized spacial score (nSPS) is 15.2. The molecule has 0 heterocycles. The van der Waals surface area contributed by atoms with Gasteiger partial charge in [-0.3, -0.25) is 9.79 Å². The minimum Gasteiger partial charge on any atom is -0.356 e. The van der Waals surface area contributed by atoms with Gasteiger partial charge in [-0.2, -0.15) is 0 Å². The van der Waals surface area contributed by atoms with Crippen LogP contribution in [0.3, 0.4) is 0 Å². The summed E-state index contributed by atoms with van der Waals surface area (Å²) < 4.78 is 0. The molecule has 3 N–H and O–H groups in total. The zero-order valence-corrected chi connectivity index (χ0v) is 12.3. The number of nitrogens with one attached hydrogen (secondary N) is 3. The van der Waals surface area contributed by atoms with Crippen molar-refractivity contribution in [2.24, 2.45) is 10.9 Å². The Morgan fingerprint density at radius 3 is 2.37 bits per heavy atom. The molecule has 0 aliphatic heterocycles. The van der Waals surface area contributed by atoms with Gasteiger partial charge in [0.2, 0.25) is 5.91 Å². The van der Waals surface area contributed by atoms with Gasteiger partial charge in [0.25, 0.3) is 0 Å². The average Bonchev–Trinajstić information content (AvgIpc) is 3.25. The number of guanidine groups is 1. The van der Waals surface area contributed by atoms with Crippen LogP contribution in [0.5, 0.6) is 0 Å². The van der Waals surface area contributed by atoms with Crippen LogP contribution in [-0.2, 0) is 4.79 Å². The molecule has 1 rings (SSSR count). The number of hydrogen-bond acceptors (Lipinski definition) is 2. The predicted molar refractivity (Wildman–Crippen MR) is 79.2 cm³/mol. The third-order valence-electron chi connectivity index (χ3n) is 3.21. The Balaban J connectivity index is 1.96. The molecule has 110 valence electrons. The quantitative estimate of drug-likeness (QED) is 0.335. The Morgan fingerprint density at radius 2 is 1.74 bits per heavy atom. The van der Waals surface area contributed by atoms with E-state index in [9.17, 15) is 4.79 Å². The van der Waals surface area contributed by atoms with E-state index < -0.39 is 0 Å². The SMILES string of the molecule is CCCCCCNC(=NC)NCCNC(=O)C1CC1. The molecular formula is C14H28N4O. The largest absolute Gasteiger partial charge is 0.356 e. The van der Waals surface area contributed by atoms with Crippen molar-refractivity contribution in [1.29, 1.82) is 0 Å². The second-order valence-electron chi connectivity index (χ2n) is 5.05. The highest BCUT2D eigenvalue weighted by Crippen LogP contribution is 2.28. The summed E-state index contributed by atoms with van der Waals surface area (Å²) in [5.41, 5.74) is 0. The first kappa shape index (κ1) is 15.8. The average molecular weight is 268 g/mol. The summed E-state index contributed by atoms with van der Waals surface area (Å²) in [7, 11) is 1.77. The molecule has 5 nitrogen and oxygen atoms in total. The number of rotatable bonds is 9. The van der Waals surface area contributed by atoms with Crippen LogP contribution in [0.2, 0.25) is 0 Å². The summed E-state index contributed by atoms with van der Waals surface area (Å²) in [6, 6.07) is 0. The van der Waals surface area contributed by atoms with Crippen LogP contribution in [0.25, 0.3) is 0 Å². The van der Waals surface area contributed by atoms with E-state index in [0.717, 1.165) is 25.3 Å². The molecule has 0 bridgehead atoms. The third kappa shape index (κ3) is 7.70. The van der Waals surface area contributed by atoms with Crippen LogP contribution in [0.1, 0.15) is 45.4 Å². The number of amides is 1. The van der Waals surface area contributed by atoms with E-state index in [0.29, 0.717) is 13.1 Å². The van der Waals surface area contributed by atoms with Crippen LogP contribution in [-0.4, -0.2) is 38.5 Å². The lowest BCUT2D eigenvalue weighted by molar-refractivity contribution is -0.122. The molecule has 5 heteroatoms. The number of hydrogen-bond donors (Lipinski definition) is 3. The first-order chi connectivity index (χ1) is 9.27. The molecule has 0 aromatic carbocycles. The molecular weight excluding hydrogens is 240 g/mol. The van der Waals surface area contributed by atoms with E-state index in [2.05, 4.69) is 27.9 Å². The van der Waals surface area contributed by atoms with E-state index in [-0.39, 0.29) is 11.8 Å². The molecule has 0 spiro atoms. The molecule has 1 saturated carbocycles. The summed E-state index contributed by atoms with van der Waals surface area (Å²) in [4.78, 5) is 15.6. The van der Waals surface area contributed by atoms with Gasteiger partial charge in [0, 0.05) is 32.6 Å². The molecule has 0 atom stereocenters. The van der Waals surface area contributed by atoms with E-state index in [1.165, 1.54) is 25.7 Å². The van der Waals surface area contributed by atoms with Crippen LogP contribution < -0.4 is 16.0 Å². The molecule has 19 heavy (non-hydrogen) atoms. The van der Waals surface area contributed by atoms with Crippen molar-refractivity contribution >= 4 is 11.9 Å². The minimum absolute atomic E-state index is 0.198. The van der Waals surface area contributed by atoms with Crippen molar-refractivity contribution in [3.8, 4) is 0 Å². The van der Waals surface area contributed by atoms with Gasteiger partial charge in [0.1, 0.15) is 0 Å². The Morgan fingerprint density at radius 1 is 1.05 bits per heavy atom. The van der Waals surface area contributed by atoms with Gasteiger partial charge >= 0.3 is 0 Å². The molecule has 0 aromatic rings. The molecule has 0 unspecified atom stereocenters. The standard InChI is InChI=1S/C14H28N4O/c1-3-4-5-6-9-17-14(15-2)18-11-10-16-13(19)12-7-8-12/h12H,3-11H2,1-2H3,(H,16,19)(H2,15,17,18). The summed E-state index contributed by atoms with van der Waals surface area (Å²) in [6.45, 7) is 4.54. The highest BCUT2D eigenvalue weighted by Gasteiger charge is 2.28. The second kappa shape index (κ2) is 9.64. The molecule has 1 amide bonds. The van der Waals surface area contributed by atoms with Crippen molar-refractivity contribution in [3.63, 3.8) is 0 Å². The topological polar surface area (TPSA) is 65.5 Å². The third-order valence-corrected chi connectivity index (χ3v) is 3.21. The first-order valence-corrected chi connectivity index (χ1v) is 7.50. The Kier molecular flexibility index (Phi) is 8.02. The van der Waals surface area contributed by atoms with Crippen LogP contribution >= 0.6 is 0 Å². The van der Waals surface area contributed by atoms with Gasteiger partial charge in [0.05, 0.1) is 0 Å². The number of nitrogens with zero attached hydrogens (tertiary/aromatic N) is 1. The fourth-order valence-electron chi connectivity index (χ4n) is 1.84. The van der Waals surface area contributed by atoms with Crippen LogP contribution in [0.15, 0.2) is 4.99 Å². The maximum Gasteiger partial charge on any atom is 0.223 e. The van der Waals surface area contributed by atoms with E-state index in [4.69, 9.17) is 0 Å². The predicted octanol–water partition coefficient (Wildman–Crippen LogP) is 1.26. The molecule has 0 radical (unpaired) electrons. The van der Waals surface area contributed by atoms with Gasteiger partial charge in [-0.25, -0.2) is 0 Å². The Hall–Kier alpha value is -1.26. The lowest BCUT2D eigenvalue weighted by atomic mass is 10.2. The number of carbonyl (C=O) groups excluding carboxylic acids is 1. The summed E-state index contributed by atoms with van der Waals surface area (Å²) in [6.07, 6.45) is 7.10. The fourth-order valence-corrected chi connectivity index (χ4v) is 1.84. The first-order valence-electron chi connectivity index (χ1n) is 7.50. The molecule has 0 saturated heterocycles. The maximum absolute atomic E-state index is 11.4. The van der Waals surface area contributed by atoms with Crippen molar-refractivity contribution in [2.45, 2.75) is 45.4 Å². The number of aliphatic imine (C=N–C) groups is 1. The van der Waals surface area contributed by atoms with Gasteiger partial charge in [-0.15, -0.1) is 0 Å². The van der Waals surface area contributed by atoms with Crippen molar-refractivity contribution in [2.75, 3.05) is 26.7 Å². The van der Waals surface area contributed by atoms with Gasteiger partial charge < -0.3 is 16.0 Å². The number of unbranched alkanes of at least 4 members (excludes halogenated alkanes) is 3. The van der Waals surface area contributed by atoms with Crippen molar-refractivity contribution < 1.29 is 4.79 Å². The highest BCUT2D eigenvalue weighted by molar-refractivity contribution is 5.81. The Bertz CT molecular complexity index is 287. The smallest absolute Gasteiger partial charge is 0.223 e. The molecule has 1 aliphatic carbocycles.